The Morgan fingerprint density at radius 3 is 2.24 bits per heavy atom. The number of para-hydroxylation sites is 2. The predicted octanol–water partition coefficient (Wildman–Crippen LogP) is 9.17. The minimum atomic E-state index is -0.268. The van der Waals surface area contributed by atoms with Crippen molar-refractivity contribution in [2.75, 3.05) is 31.8 Å². The molecule has 0 saturated heterocycles. The van der Waals surface area contributed by atoms with Gasteiger partial charge in [-0.1, -0.05) is 103 Å². The summed E-state index contributed by atoms with van der Waals surface area (Å²) in [5, 5.41) is 0.614. The van der Waals surface area contributed by atoms with Crippen LogP contribution in [0.5, 0.6) is 5.75 Å². The van der Waals surface area contributed by atoms with E-state index < -0.39 is 0 Å². The van der Waals surface area contributed by atoms with Crippen LogP contribution in [0.4, 0.5) is 5.69 Å². The molecule has 0 saturated carbocycles. The molecule has 8 nitrogen and oxygen atoms in total. The first-order valence-electron chi connectivity index (χ1n) is 18.5. The molecular weight excluding hydrogens is 712 g/mol. The van der Waals surface area contributed by atoms with Gasteiger partial charge in [0.15, 0.2) is 12.3 Å². The molecule has 1 aliphatic rings. The number of aryl methyl sites for hydroxylation is 1. The van der Waals surface area contributed by atoms with Crippen LogP contribution in [-0.4, -0.2) is 38.6 Å². The van der Waals surface area contributed by atoms with Crippen molar-refractivity contribution >= 4 is 46.2 Å². The number of oxazole rings is 1. The fourth-order valence-electron chi connectivity index (χ4n) is 6.37. The number of ketones is 1. The van der Waals surface area contributed by atoms with Crippen molar-refractivity contribution in [3.63, 3.8) is 0 Å². The number of hydrogen-bond donors (Lipinski definition) is 0. The van der Waals surface area contributed by atoms with E-state index in [9.17, 15) is 9.59 Å². The molecule has 1 aliphatic heterocycles. The summed E-state index contributed by atoms with van der Waals surface area (Å²) in [6.45, 7) is 3.93. The maximum atomic E-state index is 12.7. The number of rotatable bonds is 18. The number of allylic oxidation sites excluding steroid dienone is 6. The zero-order valence-corrected chi connectivity index (χ0v) is 32.0. The first kappa shape index (κ1) is 39.0. The van der Waals surface area contributed by atoms with Crippen LogP contribution in [0.2, 0.25) is 5.02 Å². The lowest BCUT2D eigenvalue weighted by Gasteiger charge is -2.18. The number of hydrogen-bond acceptors (Lipinski definition) is 7. The number of esters is 1. The van der Waals surface area contributed by atoms with Crippen molar-refractivity contribution in [1.82, 2.24) is 0 Å². The third-order valence-corrected chi connectivity index (χ3v) is 9.26. The SMILES string of the molecule is COCCC[n+]1c(/C=C/C=C/C=C/C=C2/Oc3ccc(Cl)cc3N2CCCOC(=O)Cc2ccc(Cc3ccc(CC(C)=O)cc3)cc2)oc2ccccc21. The van der Waals surface area contributed by atoms with Gasteiger partial charge in [0, 0.05) is 37.6 Å². The maximum absolute atomic E-state index is 12.7. The topological polar surface area (TPSA) is 82.1 Å². The largest absolute Gasteiger partial charge is 0.465 e. The first-order valence-corrected chi connectivity index (χ1v) is 18.9. The molecule has 0 bridgehead atoms. The van der Waals surface area contributed by atoms with Gasteiger partial charge in [0.1, 0.15) is 5.78 Å². The number of Topliss-reactive ketones (excluding diaryl/α,β-unsaturated/α-hetero) is 1. The maximum Gasteiger partial charge on any atom is 0.374 e. The number of carbonyl (C=O) groups excluding carboxylic acids is 2. The van der Waals surface area contributed by atoms with Crippen molar-refractivity contribution in [2.24, 2.45) is 0 Å². The van der Waals surface area contributed by atoms with Crippen molar-refractivity contribution in [1.29, 1.82) is 0 Å². The lowest BCUT2D eigenvalue weighted by atomic mass is 10.0. The number of anilines is 1. The minimum absolute atomic E-state index is 0.155. The highest BCUT2D eigenvalue weighted by Gasteiger charge is 2.26. The monoisotopic (exact) mass is 757 g/mol. The van der Waals surface area contributed by atoms with Crippen LogP contribution < -0.4 is 14.2 Å². The number of fused-ring (bicyclic) bond motifs is 2. The summed E-state index contributed by atoms with van der Waals surface area (Å²) in [5.74, 6) is 2.05. The summed E-state index contributed by atoms with van der Waals surface area (Å²) in [6.07, 6.45) is 16.5. The lowest BCUT2D eigenvalue weighted by molar-refractivity contribution is -0.678. The second-order valence-corrected chi connectivity index (χ2v) is 13.8. The van der Waals surface area contributed by atoms with Gasteiger partial charge in [-0.3, -0.25) is 9.59 Å². The van der Waals surface area contributed by atoms with Crippen LogP contribution in [0.25, 0.3) is 17.2 Å². The summed E-state index contributed by atoms with van der Waals surface area (Å²) < 4.78 is 25.3. The van der Waals surface area contributed by atoms with Gasteiger partial charge < -0.3 is 23.5 Å². The van der Waals surface area contributed by atoms with Crippen LogP contribution in [0.3, 0.4) is 0 Å². The Balaban J connectivity index is 0.987. The molecular formula is C46H46ClN2O6+. The number of benzene rings is 4. The van der Waals surface area contributed by atoms with E-state index in [1.165, 1.54) is 5.56 Å². The van der Waals surface area contributed by atoms with Gasteiger partial charge in [0.05, 0.1) is 31.4 Å². The predicted molar refractivity (Wildman–Crippen MR) is 217 cm³/mol. The molecule has 0 unspecified atom stereocenters. The Morgan fingerprint density at radius 1 is 0.800 bits per heavy atom. The second-order valence-electron chi connectivity index (χ2n) is 13.3. The molecule has 5 aromatic rings. The second kappa shape index (κ2) is 19.6. The van der Waals surface area contributed by atoms with E-state index in [0.717, 1.165) is 64.5 Å². The Hall–Kier alpha value is -5.70. The molecule has 282 valence electrons. The van der Waals surface area contributed by atoms with Gasteiger partial charge >= 0.3 is 11.9 Å². The van der Waals surface area contributed by atoms with Crippen molar-refractivity contribution in [3.05, 3.63) is 167 Å². The van der Waals surface area contributed by atoms with Gasteiger partial charge in [-0.15, -0.1) is 0 Å². The Labute approximate surface area is 327 Å². The molecule has 0 N–H and O–H groups in total. The first-order chi connectivity index (χ1) is 26.9. The van der Waals surface area contributed by atoms with Crippen LogP contribution >= 0.6 is 11.6 Å². The summed E-state index contributed by atoms with van der Waals surface area (Å²) in [5.41, 5.74) is 7.02. The molecule has 0 fully saturated rings. The van der Waals surface area contributed by atoms with Crippen molar-refractivity contribution in [3.8, 4) is 5.75 Å². The van der Waals surface area contributed by atoms with Crippen LogP contribution in [0.15, 0.2) is 138 Å². The van der Waals surface area contributed by atoms with E-state index in [0.29, 0.717) is 36.9 Å². The van der Waals surface area contributed by atoms with E-state index in [1.54, 1.807) is 20.1 Å². The minimum Gasteiger partial charge on any atom is -0.465 e. The molecule has 0 radical (unpaired) electrons. The molecule has 4 aromatic carbocycles. The molecule has 0 aliphatic carbocycles. The summed E-state index contributed by atoms with van der Waals surface area (Å²) >= 11 is 6.35. The van der Waals surface area contributed by atoms with Crippen LogP contribution in [0, 0.1) is 0 Å². The van der Waals surface area contributed by atoms with Gasteiger partial charge in [0.25, 0.3) is 5.52 Å². The van der Waals surface area contributed by atoms with E-state index in [1.807, 2.05) is 114 Å². The molecule has 0 spiro atoms. The van der Waals surface area contributed by atoms with Gasteiger partial charge in [0.2, 0.25) is 11.5 Å². The molecule has 6 rings (SSSR count). The molecule has 9 heteroatoms. The average molecular weight is 758 g/mol. The summed E-state index contributed by atoms with van der Waals surface area (Å²) in [6, 6.07) is 29.7. The molecule has 0 atom stereocenters. The third kappa shape index (κ3) is 11.2. The van der Waals surface area contributed by atoms with Gasteiger partial charge in [-0.25, -0.2) is 0 Å². The number of halogens is 1. The van der Waals surface area contributed by atoms with E-state index in [4.69, 9.17) is 30.2 Å². The van der Waals surface area contributed by atoms with Gasteiger partial charge in [-0.05, 0) is 72.4 Å². The highest BCUT2D eigenvalue weighted by molar-refractivity contribution is 6.31. The normalized spacial score (nSPS) is 13.4. The zero-order chi connectivity index (χ0) is 38.4. The van der Waals surface area contributed by atoms with E-state index >= 15 is 0 Å². The zero-order valence-electron chi connectivity index (χ0n) is 31.3. The Kier molecular flexibility index (Phi) is 13.9. The number of nitrogens with zero attached hydrogens (tertiary/aromatic N) is 2. The van der Waals surface area contributed by atoms with Gasteiger partial charge in [-0.2, -0.15) is 4.57 Å². The fraction of sp³-hybridized carbons (Fsp3) is 0.239. The van der Waals surface area contributed by atoms with E-state index in [-0.39, 0.29) is 24.8 Å². The van der Waals surface area contributed by atoms with Crippen LogP contribution in [-0.2, 0) is 44.9 Å². The average Bonchev–Trinajstić information content (AvgIpc) is 3.71. The highest BCUT2D eigenvalue weighted by Crippen LogP contribution is 2.40. The molecule has 1 aromatic heterocycles. The van der Waals surface area contributed by atoms with Crippen molar-refractivity contribution < 1.29 is 32.8 Å². The number of carbonyl (C=O) groups is 2. The highest BCUT2D eigenvalue weighted by atomic mass is 35.5. The number of ether oxygens (including phenoxy) is 3. The number of aromatic nitrogens is 1. The van der Waals surface area contributed by atoms with Crippen LogP contribution in [0.1, 0.15) is 47.9 Å². The fourth-order valence-corrected chi connectivity index (χ4v) is 6.54. The van der Waals surface area contributed by atoms with Crippen molar-refractivity contribution in [2.45, 2.75) is 45.6 Å². The smallest absolute Gasteiger partial charge is 0.374 e. The summed E-state index contributed by atoms with van der Waals surface area (Å²) in [4.78, 5) is 26.1. The molecule has 55 heavy (non-hydrogen) atoms. The molecule has 0 amide bonds. The third-order valence-electron chi connectivity index (χ3n) is 9.03. The summed E-state index contributed by atoms with van der Waals surface area (Å²) in [7, 11) is 1.71. The number of methoxy groups -OCH3 is 1. The quantitative estimate of drug-likeness (QED) is 0.0382. The van der Waals surface area contributed by atoms with E-state index in [2.05, 4.69) is 22.8 Å². The Bertz CT molecular complexity index is 2200. The molecule has 2 heterocycles. The lowest BCUT2D eigenvalue weighted by Crippen LogP contribution is -2.35. The Morgan fingerprint density at radius 2 is 1.49 bits per heavy atom. The standard InChI is InChI=1S/C46H46ClN2O6/c1-34(50)30-35-16-18-36(19-17-35)31-37-20-22-38(23-21-37)32-46(51)53-29-11-27-49-41-33-39(47)24-25-43(41)55-45(49)15-7-5-3-4-6-14-44-48(26-10-28-52-2)40-12-8-9-13-42(40)54-44/h3-9,12-25,33H,10-11,26-32H2,1-2H3/q+1.